The van der Waals surface area contributed by atoms with Gasteiger partial charge in [-0.1, -0.05) is 36.4 Å². The zero-order valence-electron chi connectivity index (χ0n) is 21.1. The highest BCUT2D eigenvalue weighted by atomic mass is 16.6. The summed E-state index contributed by atoms with van der Waals surface area (Å²) in [5.41, 5.74) is 2.33. The summed E-state index contributed by atoms with van der Waals surface area (Å²) in [4.78, 5) is 30.0. The topological polar surface area (TPSA) is 111 Å². The molecule has 1 amide bonds. The first-order valence-electron chi connectivity index (χ1n) is 12.0. The summed E-state index contributed by atoms with van der Waals surface area (Å²) in [7, 11) is 1.53. The molecule has 196 valence electrons. The second-order valence-corrected chi connectivity index (χ2v) is 8.39. The Morgan fingerprint density at radius 3 is 2.34 bits per heavy atom. The smallest absolute Gasteiger partial charge is 0.416 e. The van der Waals surface area contributed by atoms with Gasteiger partial charge in [-0.2, -0.15) is 0 Å². The monoisotopic (exact) mass is 516 g/mol. The molecule has 4 aromatic rings. The number of para-hydroxylation sites is 1. The number of ether oxygens (including phenoxy) is 3. The first-order chi connectivity index (χ1) is 18.4. The number of benzene rings is 3. The minimum Gasteiger partial charge on any atom is -0.497 e. The molecule has 1 N–H and O–H groups in total. The summed E-state index contributed by atoms with van der Waals surface area (Å²) in [6.07, 6.45) is -0.284. The summed E-state index contributed by atoms with van der Waals surface area (Å²) < 4.78 is 22.3. The SMILES string of the molecule is COc1ccc(OC(=O)N(CC(=O)O)Cc2ccccc2OCCc2nc(-c3ccccc3)oc2C)cc1. The van der Waals surface area contributed by atoms with Gasteiger partial charge in [0.25, 0.3) is 0 Å². The first-order valence-corrected chi connectivity index (χ1v) is 12.0. The Balaban J connectivity index is 1.41. The lowest BCUT2D eigenvalue weighted by atomic mass is 10.2. The summed E-state index contributed by atoms with van der Waals surface area (Å²) in [6.45, 7) is 1.62. The number of hydrogen-bond acceptors (Lipinski definition) is 7. The number of amides is 1. The van der Waals surface area contributed by atoms with Crippen LogP contribution in [-0.4, -0.2) is 47.3 Å². The van der Waals surface area contributed by atoms with Crippen molar-refractivity contribution in [1.82, 2.24) is 9.88 Å². The molecule has 3 aromatic carbocycles. The van der Waals surface area contributed by atoms with Crippen LogP contribution in [0.1, 0.15) is 17.0 Å². The number of oxazole rings is 1. The minimum absolute atomic E-state index is 0.0153. The van der Waals surface area contributed by atoms with Crippen molar-refractivity contribution in [3.63, 3.8) is 0 Å². The van der Waals surface area contributed by atoms with E-state index in [4.69, 9.17) is 18.6 Å². The Morgan fingerprint density at radius 2 is 1.63 bits per heavy atom. The predicted octanol–water partition coefficient (Wildman–Crippen LogP) is 5.37. The number of carbonyl (C=O) groups is 2. The molecule has 0 aliphatic heterocycles. The fraction of sp³-hybridized carbons (Fsp3) is 0.207. The van der Waals surface area contributed by atoms with Crippen LogP contribution in [0.3, 0.4) is 0 Å². The average Bonchev–Trinajstić information content (AvgIpc) is 3.30. The van der Waals surface area contributed by atoms with Crippen LogP contribution < -0.4 is 14.2 Å². The third-order valence-electron chi connectivity index (χ3n) is 5.69. The van der Waals surface area contributed by atoms with Gasteiger partial charge in [-0.15, -0.1) is 0 Å². The highest BCUT2D eigenvalue weighted by Gasteiger charge is 2.21. The number of rotatable bonds is 11. The number of carboxylic acids is 1. The molecule has 0 radical (unpaired) electrons. The van der Waals surface area contributed by atoms with Crippen molar-refractivity contribution in [2.24, 2.45) is 0 Å². The van der Waals surface area contributed by atoms with Gasteiger partial charge in [0.15, 0.2) is 0 Å². The molecule has 0 fully saturated rings. The number of carbonyl (C=O) groups excluding carboxylic acids is 1. The molecule has 38 heavy (non-hydrogen) atoms. The third-order valence-corrected chi connectivity index (χ3v) is 5.69. The van der Waals surface area contributed by atoms with Gasteiger partial charge in [0, 0.05) is 17.5 Å². The molecule has 0 saturated heterocycles. The summed E-state index contributed by atoms with van der Waals surface area (Å²) in [5, 5.41) is 9.38. The average molecular weight is 517 g/mol. The molecular formula is C29H28N2O7. The lowest BCUT2D eigenvalue weighted by Gasteiger charge is -2.21. The van der Waals surface area contributed by atoms with Crippen molar-refractivity contribution in [2.75, 3.05) is 20.3 Å². The normalized spacial score (nSPS) is 10.6. The van der Waals surface area contributed by atoms with Gasteiger partial charge >= 0.3 is 12.1 Å². The number of aromatic nitrogens is 1. The summed E-state index contributed by atoms with van der Waals surface area (Å²) >= 11 is 0. The molecule has 0 saturated carbocycles. The predicted molar refractivity (Wildman–Crippen MR) is 139 cm³/mol. The lowest BCUT2D eigenvalue weighted by molar-refractivity contribution is -0.138. The van der Waals surface area contributed by atoms with E-state index in [0.29, 0.717) is 36.0 Å². The van der Waals surface area contributed by atoms with Gasteiger partial charge in [0.1, 0.15) is 29.6 Å². The van der Waals surface area contributed by atoms with Crippen LogP contribution in [0.25, 0.3) is 11.5 Å². The maximum absolute atomic E-state index is 12.8. The molecule has 1 aromatic heterocycles. The van der Waals surface area contributed by atoms with Crippen LogP contribution in [-0.2, 0) is 17.8 Å². The van der Waals surface area contributed by atoms with Crippen LogP contribution in [0.5, 0.6) is 17.2 Å². The van der Waals surface area contributed by atoms with Gasteiger partial charge in [-0.3, -0.25) is 9.69 Å². The van der Waals surface area contributed by atoms with E-state index in [0.717, 1.165) is 21.9 Å². The maximum Gasteiger partial charge on any atom is 0.416 e. The standard InChI is InChI=1S/C29H28N2O7/c1-20-25(30-28(37-20)21-8-4-3-5-9-21)16-17-36-26-11-7-6-10-22(26)18-31(19-27(32)33)29(34)38-24-14-12-23(35-2)13-15-24/h3-15H,16-19H2,1-2H3,(H,32,33). The second-order valence-electron chi connectivity index (χ2n) is 8.39. The Kier molecular flexibility index (Phi) is 8.61. The molecular weight excluding hydrogens is 488 g/mol. The Labute approximate surface area is 220 Å². The molecule has 0 aliphatic carbocycles. The summed E-state index contributed by atoms with van der Waals surface area (Å²) in [5.74, 6) is 1.52. The molecule has 0 aliphatic rings. The van der Waals surface area contributed by atoms with Crippen LogP contribution >= 0.6 is 0 Å². The maximum atomic E-state index is 12.8. The second kappa shape index (κ2) is 12.4. The number of methoxy groups -OCH3 is 1. The van der Waals surface area contributed by atoms with Crippen LogP contribution in [0, 0.1) is 6.92 Å². The van der Waals surface area contributed by atoms with Crippen LogP contribution in [0.4, 0.5) is 4.79 Å². The van der Waals surface area contributed by atoms with Gasteiger partial charge in [0.2, 0.25) is 5.89 Å². The third kappa shape index (κ3) is 6.91. The van der Waals surface area contributed by atoms with Crippen LogP contribution in [0.2, 0.25) is 0 Å². The van der Waals surface area contributed by atoms with Crippen molar-refractivity contribution in [3.8, 4) is 28.7 Å². The number of aliphatic carboxylic acids is 1. The number of nitrogens with zero attached hydrogens (tertiary/aromatic N) is 2. The Hall–Kier alpha value is -4.79. The summed E-state index contributed by atoms with van der Waals surface area (Å²) in [6, 6.07) is 23.2. The van der Waals surface area contributed by atoms with E-state index in [2.05, 4.69) is 4.98 Å². The molecule has 0 spiro atoms. The van der Waals surface area contributed by atoms with Gasteiger partial charge in [0.05, 0.1) is 26.0 Å². The Morgan fingerprint density at radius 1 is 0.947 bits per heavy atom. The molecule has 0 atom stereocenters. The number of hydrogen-bond donors (Lipinski definition) is 1. The van der Waals surface area contributed by atoms with E-state index in [1.54, 1.807) is 42.5 Å². The fourth-order valence-corrected chi connectivity index (χ4v) is 3.76. The largest absolute Gasteiger partial charge is 0.497 e. The van der Waals surface area contributed by atoms with E-state index in [-0.39, 0.29) is 12.3 Å². The van der Waals surface area contributed by atoms with Crippen LogP contribution in [0.15, 0.2) is 83.3 Å². The van der Waals surface area contributed by atoms with E-state index in [9.17, 15) is 14.7 Å². The van der Waals surface area contributed by atoms with E-state index in [1.807, 2.05) is 43.3 Å². The van der Waals surface area contributed by atoms with Crippen molar-refractivity contribution < 1.29 is 33.3 Å². The Bertz CT molecular complexity index is 1370. The van der Waals surface area contributed by atoms with E-state index >= 15 is 0 Å². The minimum atomic E-state index is -1.16. The van der Waals surface area contributed by atoms with Crippen molar-refractivity contribution in [3.05, 3.63) is 95.9 Å². The molecule has 1 heterocycles. The van der Waals surface area contributed by atoms with Gasteiger partial charge in [-0.25, -0.2) is 9.78 Å². The zero-order valence-corrected chi connectivity index (χ0v) is 21.1. The number of aryl methyl sites for hydroxylation is 1. The highest BCUT2D eigenvalue weighted by molar-refractivity contribution is 5.78. The lowest BCUT2D eigenvalue weighted by Crippen LogP contribution is -2.37. The fourth-order valence-electron chi connectivity index (χ4n) is 3.76. The molecule has 4 rings (SSSR count). The van der Waals surface area contributed by atoms with Crippen molar-refractivity contribution >= 4 is 12.1 Å². The van der Waals surface area contributed by atoms with Gasteiger partial charge in [-0.05, 0) is 49.4 Å². The van der Waals surface area contributed by atoms with Crippen molar-refractivity contribution in [1.29, 1.82) is 0 Å². The van der Waals surface area contributed by atoms with Crippen molar-refractivity contribution in [2.45, 2.75) is 19.9 Å². The molecule has 0 unspecified atom stereocenters. The van der Waals surface area contributed by atoms with Gasteiger partial charge < -0.3 is 23.7 Å². The van der Waals surface area contributed by atoms with E-state index in [1.165, 1.54) is 7.11 Å². The molecule has 9 heteroatoms. The van der Waals surface area contributed by atoms with E-state index < -0.39 is 18.6 Å². The first kappa shape index (κ1) is 26.3. The molecule has 0 bridgehead atoms. The number of carboxylic acid groups (broad SMARTS) is 1. The quantitative estimate of drug-likeness (QED) is 0.283. The highest BCUT2D eigenvalue weighted by Crippen LogP contribution is 2.24. The molecule has 9 nitrogen and oxygen atoms in total. The zero-order chi connectivity index (χ0) is 26.9.